The van der Waals surface area contributed by atoms with Crippen molar-refractivity contribution in [3.05, 3.63) is 112 Å². The summed E-state index contributed by atoms with van der Waals surface area (Å²) in [4.78, 5) is 45.9. The molecular formula is C45H47F2N5O6. The number of ether oxygens (including phenoxy) is 2. The second-order valence-electron chi connectivity index (χ2n) is 16.2. The van der Waals surface area contributed by atoms with E-state index in [1.54, 1.807) is 35.2 Å². The zero-order valence-corrected chi connectivity index (χ0v) is 32.5. The number of halogens is 2. The number of amides is 3. The van der Waals surface area contributed by atoms with Gasteiger partial charge in [-0.1, -0.05) is 18.2 Å². The monoisotopic (exact) mass is 791 g/mol. The first-order chi connectivity index (χ1) is 28.1. The van der Waals surface area contributed by atoms with Crippen LogP contribution in [0.5, 0.6) is 17.2 Å². The summed E-state index contributed by atoms with van der Waals surface area (Å²) in [6.45, 7) is 6.75. The minimum atomic E-state index is -0.622. The van der Waals surface area contributed by atoms with Crippen molar-refractivity contribution in [2.75, 3.05) is 69.3 Å². The number of anilines is 2. The van der Waals surface area contributed by atoms with Gasteiger partial charge in [0, 0.05) is 93.5 Å². The minimum absolute atomic E-state index is 0.0870. The molecule has 3 fully saturated rings. The SMILES string of the molecule is COc1cc([C@H]2COc3cc(O)ccc3C2c2ccc(N3CCC(CN4CCN(c5ccc6c(c5)CN([C@H]5CCC(=O)NC5=O)C6=O)CC4)CC3)c(F)c2)ccc1F. The molecule has 58 heavy (non-hydrogen) atoms. The van der Waals surface area contributed by atoms with Crippen molar-refractivity contribution in [2.24, 2.45) is 5.92 Å². The molecule has 4 aromatic carbocycles. The van der Waals surface area contributed by atoms with Crippen molar-refractivity contribution in [1.29, 1.82) is 0 Å². The molecule has 3 amide bonds. The number of phenols is 1. The molecule has 11 nitrogen and oxygen atoms in total. The number of methoxy groups -OCH3 is 1. The van der Waals surface area contributed by atoms with Crippen LogP contribution in [0.3, 0.4) is 0 Å². The van der Waals surface area contributed by atoms with Crippen molar-refractivity contribution in [1.82, 2.24) is 15.1 Å². The van der Waals surface area contributed by atoms with E-state index in [1.807, 2.05) is 30.3 Å². The Labute approximate surface area is 336 Å². The van der Waals surface area contributed by atoms with E-state index in [9.17, 15) is 23.9 Å². The van der Waals surface area contributed by atoms with Crippen LogP contribution in [0.15, 0.2) is 72.8 Å². The lowest BCUT2D eigenvalue weighted by atomic mass is 9.75. The van der Waals surface area contributed by atoms with Crippen molar-refractivity contribution in [3.8, 4) is 17.2 Å². The number of piperidine rings is 2. The number of hydrogen-bond acceptors (Lipinski definition) is 9. The molecule has 0 aliphatic carbocycles. The van der Waals surface area contributed by atoms with Gasteiger partial charge in [0.25, 0.3) is 5.91 Å². The number of hydrogen-bond donors (Lipinski definition) is 2. The fourth-order valence-electron chi connectivity index (χ4n) is 9.65. The number of phenolic OH excluding ortho intramolecular Hbond substituents is 1. The molecule has 9 rings (SSSR count). The molecule has 302 valence electrons. The molecule has 0 saturated carbocycles. The van der Waals surface area contributed by atoms with Gasteiger partial charge in [-0.3, -0.25) is 24.6 Å². The maximum absolute atomic E-state index is 16.2. The van der Waals surface area contributed by atoms with Crippen molar-refractivity contribution in [3.63, 3.8) is 0 Å². The summed E-state index contributed by atoms with van der Waals surface area (Å²) in [5.74, 6) is -0.850. The van der Waals surface area contributed by atoms with Crippen LogP contribution in [-0.4, -0.2) is 98.2 Å². The highest BCUT2D eigenvalue weighted by Gasteiger charge is 2.40. The predicted molar refractivity (Wildman–Crippen MR) is 214 cm³/mol. The summed E-state index contributed by atoms with van der Waals surface area (Å²) < 4.78 is 41.9. The number of carbonyl (C=O) groups is 3. The molecule has 4 aromatic rings. The number of imide groups is 1. The van der Waals surface area contributed by atoms with Crippen molar-refractivity contribution in [2.45, 2.75) is 50.1 Å². The molecule has 5 aliphatic heterocycles. The molecule has 3 saturated heterocycles. The summed E-state index contributed by atoms with van der Waals surface area (Å²) in [6, 6.07) is 20.6. The Morgan fingerprint density at radius 1 is 0.828 bits per heavy atom. The van der Waals surface area contributed by atoms with Crippen molar-refractivity contribution >= 4 is 29.1 Å². The lowest BCUT2D eigenvalue weighted by Gasteiger charge is -2.40. The molecule has 3 atom stereocenters. The Bertz CT molecular complexity index is 2250. The average molecular weight is 792 g/mol. The van der Waals surface area contributed by atoms with Crippen LogP contribution in [0.4, 0.5) is 20.2 Å². The third kappa shape index (κ3) is 7.20. The molecule has 0 aromatic heterocycles. The van der Waals surface area contributed by atoms with E-state index in [0.717, 1.165) is 86.6 Å². The van der Waals surface area contributed by atoms with E-state index >= 15 is 4.39 Å². The Hall–Kier alpha value is -5.69. The van der Waals surface area contributed by atoms with Gasteiger partial charge in [0.1, 0.15) is 23.4 Å². The first-order valence-electron chi connectivity index (χ1n) is 20.2. The molecule has 0 spiro atoms. The lowest BCUT2D eigenvalue weighted by molar-refractivity contribution is -0.136. The van der Waals surface area contributed by atoms with E-state index in [0.29, 0.717) is 35.9 Å². The fourth-order valence-corrected chi connectivity index (χ4v) is 9.65. The predicted octanol–water partition coefficient (Wildman–Crippen LogP) is 5.79. The molecule has 1 unspecified atom stereocenters. The van der Waals surface area contributed by atoms with E-state index in [4.69, 9.17) is 9.47 Å². The third-order valence-corrected chi connectivity index (χ3v) is 12.8. The van der Waals surface area contributed by atoms with Crippen LogP contribution in [0, 0.1) is 17.6 Å². The summed E-state index contributed by atoms with van der Waals surface area (Å²) >= 11 is 0. The largest absolute Gasteiger partial charge is 0.508 e. The number of piperazine rings is 1. The smallest absolute Gasteiger partial charge is 0.255 e. The maximum atomic E-state index is 16.2. The zero-order chi connectivity index (χ0) is 40.1. The average Bonchev–Trinajstić information content (AvgIpc) is 3.55. The highest BCUT2D eigenvalue weighted by atomic mass is 19.1. The molecule has 2 N–H and O–H groups in total. The maximum Gasteiger partial charge on any atom is 0.255 e. The summed E-state index contributed by atoms with van der Waals surface area (Å²) in [5, 5.41) is 12.5. The Morgan fingerprint density at radius 2 is 1.62 bits per heavy atom. The summed E-state index contributed by atoms with van der Waals surface area (Å²) in [6.07, 6.45) is 2.52. The van der Waals surface area contributed by atoms with Crippen LogP contribution < -0.4 is 24.6 Å². The van der Waals surface area contributed by atoms with Crippen molar-refractivity contribution < 1.29 is 37.7 Å². The van der Waals surface area contributed by atoms with Gasteiger partial charge < -0.3 is 29.3 Å². The fraction of sp³-hybridized carbons (Fsp3) is 0.400. The highest BCUT2D eigenvalue weighted by molar-refractivity contribution is 6.05. The number of nitrogens with zero attached hydrogens (tertiary/aromatic N) is 4. The van der Waals surface area contributed by atoms with Gasteiger partial charge in [0.2, 0.25) is 11.8 Å². The zero-order valence-electron chi connectivity index (χ0n) is 32.5. The van der Waals surface area contributed by atoms with E-state index in [-0.39, 0.29) is 54.0 Å². The van der Waals surface area contributed by atoms with Crippen LogP contribution in [-0.2, 0) is 16.1 Å². The van der Waals surface area contributed by atoms with E-state index < -0.39 is 17.8 Å². The first kappa shape index (κ1) is 37.9. The van der Waals surface area contributed by atoms with E-state index in [1.165, 1.54) is 13.2 Å². The topological polar surface area (TPSA) is 115 Å². The summed E-state index contributed by atoms with van der Waals surface area (Å²) in [7, 11) is 1.43. The van der Waals surface area contributed by atoms with Gasteiger partial charge >= 0.3 is 0 Å². The lowest BCUT2D eigenvalue weighted by Crippen LogP contribution is -2.52. The number of fused-ring (bicyclic) bond motifs is 2. The van der Waals surface area contributed by atoms with Crippen LogP contribution in [0.1, 0.15) is 70.1 Å². The quantitative estimate of drug-likeness (QED) is 0.214. The van der Waals surface area contributed by atoms with Crippen LogP contribution >= 0.6 is 0 Å². The first-order valence-corrected chi connectivity index (χ1v) is 20.2. The molecule has 0 bridgehead atoms. The van der Waals surface area contributed by atoms with Gasteiger partial charge in [-0.05, 0) is 90.4 Å². The highest BCUT2D eigenvalue weighted by Crippen LogP contribution is 2.48. The Balaban J connectivity index is 0.807. The van der Waals surface area contributed by atoms with Gasteiger partial charge in [0.05, 0.1) is 19.4 Å². The van der Waals surface area contributed by atoms with Gasteiger partial charge in [-0.25, -0.2) is 8.78 Å². The second kappa shape index (κ2) is 15.6. The second-order valence-corrected chi connectivity index (χ2v) is 16.2. The summed E-state index contributed by atoms with van der Waals surface area (Å²) in [5.41, 5.74) is 5.62. The number of carbonyl (C=O) groups excluding carboxylic acids is 3. The van der Waals surface area contributed by atoms with Crippen LogP contribution in [0.25, 0.3) is 0 Å². The molecule has 0 radical (unpaired) electrons. The molecule has 13 heteroatoms. The van der Waals surface area contributed by atoms with Gasteiger partial charge in [-0.2, -0.15) is 0 Å². The number of benzene rings is 4. The third-order valence-electron chi connectivity index (χ3n) is 12.8. The van der Waals surface area contributed by atoms with Crippen LogP contribution in [0.2, 0.25) is 0 Å². The van der Waals surface area contributed by atoms with Gasteiger partial charge in [0.15, 0.2) is 11.6 Å². The van der Waals surface area contributed by atoms with Gasteiger partial charge in [-0.15, -0.1) is 0 Å². The number of rotatable bonds is 8. The Morgan fingerprint density at radius 3 is 2.38 bits per heavy atom. The normalized spacial score (nSPS) is 22.7. The van der Waals surface area contributed by atoms with E-state index in [2.05, 4.69) is 26.1 Å². The number of aromatic hydroxyl groups is 1. The molecular weight excluding hydrogens is 745 g/mol. The molecule has 5 aliphatic rings. The minimum Gasteiger partial charge on any atom is -0.508 e. The standard InChI is InChI=1S/C45H47F2N5O6/c1-57-41-22-28(2-8-36(41)46)35-26-58-40-23-32(53)5-7-34(40)43(35)29-3-9-38(37(47)21-29)51-14-12-27(13-15-51)24-49-16-18-50(19-17-49)31-4-6-33-30(20-31)25-52(45(33)56)39-10-11-42(54)48-44(39)55/h2-9,20-23,27,35,39,43,53H,10-19,24-26H2,1H3,(H,48,54,55)/t35-,39+,43?/m1/s1. The molecule has 5 heterocycles. The Kier molecular flexibility index (Phi) is 10.2. The number of nitrogens with one attached hydrogen (secondary N) is 1.